The minimum absolute atomic E-state index is 0.0898. The van der Waals surface area contributed by atoms with Gasteiger partial charge >= 0.3 is 6.18 Å². The van der Waals surface area contributed by atoms with E-state index in [0.29, 0.717) is 25.7 Å². The van der Waals surface area contributed by atoms with Crippen LogP contribution in [0.2, 0.25) is 0 Å². The van der Waals surface area contributed by atoms with Crippen LogP contribution < -0.4 is 5.32 Å². The lowest BCUT2D eigenvalue weighted by Gasteiger charge is -2.35. The summed E-state index contributed by atoms with van der Waals surface area (Å²) in [6.07, 6.45) is -4.54. The molecule has 1 aliphatic heterocycles. The molecule has 0 aromatic heterocycles. The number of morpholine rings is 1. The Bertz CT molecular complexity index is 234. The summed E-state index contributed by atoms with van der Waals surface area (Å²) in [4.78, 5) is 2.32. The second kappa shape index (κ2) is 7.31. The number of halogens is 3. The highest BCUT2D eigenvalue weighted by atomic mass is 19.4. The minimum atomic E-state index is -4.04. The Balaban J connectivity index is 2.08. The van der Waals surface area contributed by atoms with Gasteiger partial charge in [0.1, 0.15) is 0 Å². The van der Waals surface area contributed by atoms with Crippen molar-refractivity contribution in [2.75, 3.05) is 32.8 Å². The standard InChI is InChI=1S/C12H23F3N2O/c1-10(2)17-6-7-18-11(9-17)8-16-5-3-4-12(13,14)15/h10-11,16H,3-9H2,1-2H3. The zero-order chi connectivity index (χ0) is 13.6. The molecule has 1 aliphatic rings. The lowest BCUT2D eigenvalue weighted by Crippen LogP contribution is -2.49. The van der Waals surface area contributed by atoms with Crippen LogP contribution in [-0.4, -0.2) is 56.0 Å². The fourth-order valence-corrected chi connectivity index (χ4v) is 2.01. The van der Waals surface area contributed by atoms with Gasteiger partial charge in [0.05, 0.1) is 12.7 Å². The Labute approximate surface area is 107 Å². The molecule has 0 radical (unpaired) electrons. The lowest BCUT2D eigenvalue weighted by molar-refractivity contribution is -0.135. The second-order valence-electron chi connectivity index (χ2n) is 5.00. The number of hydrogen-bond donors (Lipinski definition) is 1. The molecule has 1 N–H and O–H groups in total. The van der Waals surface area contributed by atoms with E-state index in [9.17, 15) is 13.2 Å². The summed E-state index contributed by atoms with van der Waals surface area (Å²) in [6, 6.07) is 0.488. The molecule has 1 fully saturated rings. The van der Waals surface area contributed by atoms with Crippen LogP contribution in [0.3, 0.4) is 0 Å². The van der Waals surface area contributed by atoms with Crippen LogP contribution in [0.4, 0.5) is 13.2 Å². The van der Waals surface area contributed by atoms with Gasteiger partial charge in [-0.25, -0.2) is 0 Å². The van der Waals surface area contributed by atoms with Gasteiger partial charge in [-0.15, -0.1) is 0 Å². The van der Waals surface area contributed by atoms with Gasteiger partial charge in [0.25, 0.3) is 0 Å². The normalized spacial score (nSPS) is 22.7. The Kier molecular flexibility index (Phi) is 6.38. The average molecular weight is 268 g/mol. The van der Waals surface area contributed by atoms with Crippen molar-refractivity contribution >= 4 is 0 Å². The van der Waals surface area contributed by atoms with Crippen molar-refractivity contribution in [3.8, 4) is 0 Å². The van der Waals surface area contributed by atoms with Crippen LogP contribution in [0, 0.1) is 0 Å². The molecule has 0 aromatic rings. The summed E-state index contributed by atoms with van der Waals surface area (Å²) < 4.78 is 41.3. The molecule has 0 bridgehead atoms. The number of alkyl halides is 3. The summed E-state index contributed by atoms with van der Waals surface area (Å²) >= 11 is 0. The monoisotopic (exact) mass is 268 g/mol. The highest BCUT2D eigenvalue weighted by Crippen LogP contribution is 2.20. The molecule has 0 aliphatic carbocycles. The fourth-order valence-electron chi connectivity index (χ4n) is 2.01. The molecule has 1 unspecified atom stereocenters. The van der Waals surface area contributed by atoms with E-state index in [0.717, 1.165) is 13.1 Å². The van der Waals surface area contributed by atoms with Crippen LogP contribution in [0.1, 0.15) is 26.7 Å². The van der Waals surface area contributed by atoms with Gasteiger partial charge in [0.15, 0.2) is 0 Å². The van der Waals surface area contributed by atoms with E-state index in [2.05, 4.69) is 24.1 Å². The molecule has 108 valence electrons. The van der Waals surface area contributed by atoms with E-state index in [-0.39, 0.29) is 12.5 Å². The summed E-state index contributed by atoms with van der Waals surface area (Å²) in [6.45, 7) is 7.78. The van der Waals surface area contributed by atoms with Crippen molar-refractivity contribution in [3.63, 3.8) is 0 Å². The fraction of sp³-hybridized carbons (Fsp3) is 1.00. The van der Waals surface area contributed by atoms with Gasteiger partial charge in [-0.1, -0.05) is 0 Å². The Morgan fingerprint density at radius 2 is 2.11 bits per heavy atom. The topological polar surface area (TPSA) is 24.5 Å². The molecule has 0 amide bonds. The maximum Gasteiger partial charge on any atom is 0.389 e. The van der Waals surface area contributed by atoms with Crippen molar-refractivity contribution in [1.29, 1.82) is 0 Å². The number of rotatable bonds is 6. The van der Waals surface area contributed by atoms with Crippen molar-refractivity contribution in [2.24, 2.45) is 0 Å². The third-order valence-corrected chi connectivity index (χ3v) is 3.09. The van der Waals surface area contributed by atoms with E-state index < -0.39 is 12.6 Å². The van der Waals surface area contributed by atoms with Gasteiger partial charge in [-0.3, -0.25) is 4.90 Å². The molecule has 1 saturated heterocycles. The van der Waals surface area contributed by atoms with Gasteiger partial charge in [0, 0.05) is 32.1 Å². The minimum Gasteiger partial charge on any atom is -0.374 e. The van der Waals surface area contributed by atoms with Gasteiger partial charge in [0.2, 0.25) is 0 Å². The van der Waals surface area contributed by atoms with E-state index in [1.165, 1.54) is 0 Å². The average Bonchev–Trinajstić information content (AvgIpc) is 2.27. The number of hydrogen-bond acceptors (Lipinski definition) is 3. The first-order chi connectivity index (χ1) is 8.38. The van der Waals surface area contributed by atoms with Crippen LogP contribution in [0.5, 0.6) is 0 Å². The predicted octanol–water partition coefficient (Wildman–Crippen LogP) is 2.03. The van der Waals surface area contributed by atoms with Crippen LogP contribution in [-0.2, 0) is 4.74 Å². The zero-order valence-electron chi connectivity index (χ0n) is 11.1. The molecule has 6 heteroatoms. The first kappa shape index (κ1) is 15.7. The third kappa shape index (κ3) is 6.56. The van der Waals surface area contributed by atoms with Gasteiger partial charge in [-0.2, -0.15) is 13.2 Å². The lowest BCUT2D eigenvalue weighted by atomic mass is 10.2. The van der Waals surface area contributed by atoms with Crippen LogP contribution in [0.25, 0.3) is 0 Å². The zero-order valence-corrected chi connectivity index (χ0v) is 11.1. The predicted molar refractivity (Wildman–Crippen MR) is 64.6 cm³/mol. The summed E-state index contributed by atoms with van der Waals surface area (Å²) in [7, 11) is 0. The molecular weight excluding hydrogens is 245 g/mol. The molecular formula is C12H23F3N2O. The quantitative estimate of drug-likeness (QED) is 0.746. The molecule has 0 aromatic carbocycles. The summed E-state index contributed by atoms with van der Waals surface area (Å²) in [5.74, 6) is 0. The van der Waals surface area contributed by atoms with Crippen LogP contribution in [0.15, 0.2) is 0 Å². The molecule has 18 heavy (non-hydrogen) atoms. The van der Waals surface area contributed by atoms with Gasteiger partial charge in [-0.05, 0) is 26.8 Å². The molecule has 3 nitrogen and oxygen atoms in total. The SMILES string of the molecule is CC(C)N1CCOC(CNCCCC(F)(F)F)C1. The maximum atomic E-state index is 11.9. The van der Waals surface area contributed by atoms with E-state index in [1.54, 1.807) is 0 Å². The van der Waals surface area contributed by atoms with Crippen LogP contribution >= 0.6 is 0 Å². The third-order valence-electron chi connectivity index (χ3n) is 3.09. The first-order valence-electron chi connectivity index (χ1n) is 6.51. The van der Waals surface area contributed by atoms with Gasteiger partial charge < -0.3 is 10.1 Å². The maximum absolute atomic E-state index is 11.9. The van der Waals surface area contributed by atoms with Crippen molar-refractivity contribution in [2.45, 2.75) is 45.0 Å². The van der Waals surface area contributed by atoms with E-state index >= 15 is 0 Å². The smallest absolute Gasteiger partial charge is 0.374 e. The van der Waals surface area contributed by atoms with Crippen molar-refractivity contribution < 1.29 is 17.9 Å². The number of nitrogens with zero attached hydrogens (tertiary/aromatic N) is 1. The first-order valence-corrected chi connectivity index (χ1v) is 6.51. The van der Waals surface area contributed by atoms with Crippen molar-refractivity contribution in [3.05, 3.63) is 0 Å². The Morgan fingerprint density at radius 3 is 2.72 bits per heavy atom. The van der Waals surface area contributed by atoms with E-state index in [1.807, 2.05) is 0 Å². The molecule has 1 atom stereocenters. The molecule has 1 rings (SSSR count). The Hall–Kier alpha value is -0.330. The second-order valence-corrected chi connectivity index (χ2v) is 5.00. The number of ether oxygens (including phenoxy) is 1. The van der Waals surface area contributed by atoms with Crippen molar-refractivity contribution in [1.82, 2.24) is 10.2 Å². The highest BCUT2D eigenvalue weighted by Gasteiger charge is 2.26. The number of nitrogens with one attached hydrogen (secondary N) is 1. The Morgan fingerprint density at radius 1 is 1.39 bits per heavy atom. The molecule has 1 heterocycles. The highest BCUT2D eigenvalue weighted by molar-refractivity contribution is 4.75. The molecule has 0 spiro atoms. The summed E-state index contributed by atoms with van der Waals surface area (Å²) in [5, 5.41) is 3.04. The largest absolute Gasteiger partial charge is 0.389 e. The molecule has 0 saturated carbocycles. The summed E-state index contributed by atoms with van der Waals surface area (Å²) in [5.41, 5.74) is 0. The van der Waals surface area contributed by atoms with E-state index in [4.69, 9.17) is 4.74 Å².